The Morgan fingerprint density at radius 2 is 1.74 bits per heavy atom. The van der Waals surface area contributed by atoms with Crippen LogP contribution in [-0.2, 0) is 16.1 Å². The molecule has 0 saturated heterocycles. The molecule has 0 aromatic heterocycles. The van der Waals surface area contributed by atoms with Crippen molar-refractivity contribution in [2.45, 2.75) is 44.7 Å². The van der Waals surface area contributed by atoms with Gasteiger partial charge >= 0.3 is 0 Å². The first-order chi connectivity index (χ1) is 13.0. The number of rotatable bonds is 9. The van der Waals surface area contributed by atoms with Crippen LogP contribution in [0.5, 0.6) is 0 Å². The highest BCUT2D eigenvalue weighted by Gasteiger charge is 2.25. The Kier molecular flexibility index (Phi) is 8.40. The molecule has 0 heterocycles. The number of thioether (sulfide) groups is 1. The van der Waals surface area contributed by atoms with Crippen molar-refractivity contribution in [3.63, 3.8) is 0 Å². The molecule has 0 bridgehead atoms. The molecule has 2 amide bonds. The van der Waals surface area contributed by atoms with E-state index in [0.717, 1.165) is 10.5 Å². The van der Waals surface area contributed by atoms with E-state index < -0.39 is 6.04 Å². The highest BCUT2D eigenvalue weighted by molar-refractivity contribution is 7.99. The summed E-state index contributed by atoms with van der Waals surface area (Å²) >= 11 is 1.66. The summed E-state index contributed by atoms with van der Waals surface area (Å²) in [5, 5.41) is 2.82. The van der Waals surface area contributed by atoms with Gasteiger partial charge in [-0.25, -0.2) is 0 Å². The summed E-state index contributed by atoms with van der Waals surface area (Å²) in [6, 6.07) is 17.6. The number of hydrogen-bond donors (Lipinski definition) is 1. The summed E-state index contributed by atoms with van der Waals surface area (Å²) in [6.45, 7) is 6.70. The van der Waals surface area contributed by atoms with Gasteiger partial charge in [-0.1, -0.05) is 48.0 Å². The van der Waals surface area contributed by atoms with Gasteiger partial charge in [-0.05, 0) is 38.5 Å². The quantitative estimate of drug-likeness (QED) is 0.664. The fourth-order valence-electron chi connectivity index (χ4n) is 2.71. The number of amides is 2. The van der Waals surface area contributed by atoms with E-state index >= 15 is 0 Å². The van der Waals surface area contributed by atoms with Crippen LogP contribution in [0.4, 0.5) is 0 Å². The van der Waals surface area contributed by atoms with E-state index in [0.29, 0.717) is 25.3 Å². The van der Waals surface area contributed by atoms with Crippen LogP contribution in [0.2, 0.25) is 0 Å². The van der Waals surface area contributed by atoms with E-state index in [1.165, 1.54) is 5.56 Å². The first-order valence-electron chi connectivity index (χ1n) is 9.31. The van der Waals surface area contributed by atoms with Crippen LogP contribution in [0.25, 0.3) is 0 Å². The fraction of sp³-hybridized carbons (Fsp3) is 0.364. The molecule has 0 spiro atoms. The predicted molar refractivity (Wildman–Crippen MR) is 112 cm³/mol. The third kappa shape index (κ3) is 6.75. The average molecular weight is 385 g/mol. The summed E-state index contributed by atoms with van der Waals surface area (Å²) in [7, 11) is 0. The minimum Gasteiger partial charge on any atom is -0.355 e. The van der Waals surface area contributed by atoms with E-state index in [-0.39, 0.29) is 11.8 Å². The van der Waals surface area contributed by atoms with Gasteiger partial charge in [0.25, 0.3) is 0 Å². The number of benzene rings is 2. The molecule has 1 atom stereocenters. The molecule has 4 nitrogen and oxygen atoms in total. The topological polar surface area (TPSA) is 49.4 Å². The van der Waals surface area contributed by atoms with Crippen molar-refractivity contribution in [3.05, 3.63) is 65.7 Å². The zero-order chi connectivity index (χ0) is 19.6. The number of nitrogens with one attached hydrogen (secondary N) is 1. The summed E-state index contributed by atoms with van der Waals surface area (Å²) in [4.78, 5) is 28.0. The van der Waals surface area contributed by atoms with Crippen LogP contribution >= 0.6 is 11.8 Å². The number of hydrogen-bond acceptors (Lipinski definition) is 3. The molecule has 2 rings (SSSR count). The van der Waals surface area contributed by atoms with Crippen LogP contribution < -0.4 is 5.32 Å². The molecule has 0 aliphatic rings. The lowest BCUT2D eigenvalue weighted by atomic mass is 10.1. The van der Waals surface area contributed by atoms with Gasteiger partial charge in [0, 0.05) is 30.2 Å². The van der Waals surface area contributed by atoms with Gasteiger partial charge < -0.3 is 10.2 Å². The standard InChI is InChI=1S/C22H28N2O2S/c1-4-23-22(26)18(3)24(16-19-12-10-17(2)11-13-19)21(25)14-15-27-20-8-6-5-7-9-20/h5-13,18H,4,14-16H2,1-3H3,(H,23,26)/t18-/m0/s1. The second-order valence-corrected chi connectivity index (χ2v) is 7.66. The normalized spacial score (nSPS) is 11.7. The van der Waals surface area contributed by atoms with Crippen LogP contribution in [0.3, 0.4) is 0 Å². The van der Waals surface area contributed by atoms with Crippen LogP contribution in [-0.4, -0.2) is 35.1 Å². The molecular formula is C22H28N2O2S. The molecular weight excluding hydrogens is 356 g/mol. The zero-order valence-electron chi connectivity index (χ0n) is 16.3. The van der Waals surface area contributed by atoms with Crippen molar-refractivity contribution in [1.82, 2.24) is 10.2 Å². The number of nitrogens with zero attached hydrogens (tertiary/aromatic N) is 1. The zero-order valence-corrected chi connectivity index (χ0v) is 17.1. The average Bonchev–Trinajstić information content (AvgIpc) is 2.68. The number of carbonyl (C=O) groups is 2. The summed E-state index contributed by atoms with van der Waals surface area (Å²) in [6.07, 6.45) is 0.398. The molecule has 0 aliphatic heterocycles. The van der Waals surface area contributed by atoms with Gasteiger partial charge in [-0.2, -0.15) is 0 Å². The first-order valence-corrected chi connectivity index (χ1v) is 10.3. The molecule has 0 fully saturated rings. The van der Waals surface area contributed by atoms with Crippen molar-refractivity contribution in [2.24, 2.45) is 0 Å². The molecule has 144 valence electrons. The molecule has 0 radical (unpaired) electrons. The van der Waals surface area contributed by atoms with Crippen molar-refractivity contribution in [1.29, 1.82) is 0 Å². The van der Waals surface area contributed by atoms with E-state index in [4.69, 9.17) is 0 Å². The Morgan fingerprint density at radius 3 is 2.37 bits per heavy atom. The van der Waals surface area contributed by atoms with Crippen molar-refractivity contribution in [3.8, 4) is 0 Å². The Hall–Kier alpha value is -2.27. The van der Waals surface area contributed by atoms with Crippen molar-refractivity contribution >= 4 is 23.6 Å². The molecule has 1 N–H and O–H groups in total. The first kappa shape index (κ1) is 21.0. The van der Waals surface area contributed by atoms with E-state index in [2.05, 4.69) is 5.32 Å². The number of likely N-dealkylation sites (N-methyl/N-ethyl adjacent to an activating group) is 1. The number of carbonyl (C=O) groups excluding carboxylic acids is 2. The van der Waals surface area contributed by atoms with Crippen LogP contribution in [0, 0.1) is 6.92 Å². The van der Waals surface area contributed by atoms with Crippen LogP contribution in [0.15, 0.2) is 59.5 Å². The minimum atomic E-state index is -0.500. The Balaban J connectivity index is 2.03. The second kappa shape index (κ2) is 10.8. The lowest BCUT2D eigenvalue weighted by Gasteiger charge is -2.28. The second-order valence-electron chi connectivity index (χ2n) is 6.49. The van der Waals surface area contributed by atoms with Crippen LogP contribution in [0.1, 0.15) is 31.4 Å². The van der Waals surface area contributed by atoms with Gasteiger partial charge in [0.1, 0.15) is 6.04 Å². The third-order valence-electron chi connectivity index (χ3n) is 4.32. The van der Waals surface area contributed by atoms with Crippen molar-refractivity contribution in [2.75, 3.05) is 12.3 Å². The predicted octanol–water partition coefficient (Wildman–Crippen LogP) is 4.03. The van der Waals surface area contributed by atoms with Gasteiger partial charge in [-0.3, -0.25) is 9.59 Å². The maximum Gasteiger partial charge on any atom is 0.242 e. The van der Waals surface area contributed by atoms with E-state index in [9.17, 15) is 9.59 Å². The summed E-state index contributed by atoms with van der Waals surface area (Å²) in [5.41, 5.74) is 2.20. The van der Waals surface area contributed by atoms with Gasteiger partial charge in [0.15, 0.2) is 0 Å². The largest absolute Gasteiger partial charge is 0.355 e. The fourth-order valence-corrected chi connectivity index (χ4v) is 3.57. The maximum absolute atomic E-state index is 12.9. The van der Waals surface area contributed by atoms with Gasteiger partial charge in [-0.15, -0.1) is 11.8 Å². The molecule has 0 unspecified atom stereocenters. The van der Waals surface area contributed by atoms with Gasteiger partial charge in [0.05, 0.1) is 0 Å². The number of aryl methyl sites for hydroxylation is 1. The monoisotopic (exact) mass is 384 g/mol. The Bertz CT molecular complexity index is 732. The van der Waals surface area contributed by atoms with E-state index in [1.54, 1.807) is 23.6 Å². The SMILES string of the molecule is CCNC(=O)[C@H](C)N(Cc1ccc(C)cc1)C(=O)CCSc1ccccc1. The van der Waals surface area contributed by atoms with Crippen molar-refractivity contribution < 1.29 is 9.59 Å². The molecule has 0 saturated carbocycles. The lowest BCUT2D eigenvalue weighted by molar-refractivity contribution is -0.140. The molecule has 5 heteroatoms. The highest BCUT2D eigenvalue weighted by Crippen LogP contribution is 2.19. The lowest BCUT2D eigenvalue weighted by Crippen LogP contribution is -2.47. The smallest absolute Gasteiger partial charge is 0.242 e. The third-order valence-corrected chi connectivity index (χ3v) is 5.33. The summed E-state index contributed by atoms with van der Waals surface area (Å²) in [5.74, 6) is 0.571. The highest BCUT2D eigenvalue weighted by atomic mass is 32.2. The molecule has 2 aromatic carbocycles. The Morgan fingerprint density at radius 1 is 1.07 bits per heavy atom. The minimum absolute atomic E-state index is 0.00207. The van der Waals surface area contributed by atoms with Gasteiger partial charge in [0.2, 0.25) is 11.8 Å². The molecule has 0 aliphatic carbocycles. The Labute approximate surface area is 166 Å². The maximum atomic E-state index is 12.9. The molecule has 27 heavy (non-hydrogen) atoms. The molecule has 2 aromatic rings. The summed E-state index contributed by atoms with van der Waals surface area (Å²) < 4.78 is 0. The van der Waals surface area contributed by atoms with E-state index in [1.807, 2.05) is 68.4 Å².